The Balaban J connectivity index is 1.34. The fourth-order valence-electron chi connectivity index (χ4n) is 4.12. The number of nitrogens with zero attached hydrogens (tertiary/aromatic N) is 3. The van der Waals surface area contributed by atoms with Crippen molar-refractivity contribution in [1.82, 2.24) is 14.9 Å². The topological polar surface area (TPSA) is 67.4 Å². The molecule has 1 aromatic carbocycles. The van der Waals surface area contributed by atoms with Gasteiger partial charge >= 0.3 is 0 Å². The zero-order valence-corrected chi connectivity index (χ0v) is 16.6. The molecule has 0 spiro atoms. The van der Waals surface area contributed by atoms with E-state index in [-0.39, 0.29) is 11.9 Å². The molecule has 1 saturated heterocycles. The van der Waals surface area contributed by atoms with Crippen LogP contribution in [0.5, 0.6) is 0 Å². The summed E-state index contributed by atoms with van der Waals surface area (Å²) in [6.45, 7) is 4.68. The van der Waals surface area contributed by atoms with E-state index in [0.29, 0.717) is 26.3 Å². The van der Waals surface area contributed by atoms with E-state index >= 15 is 0 Å². The number of thiophene rings is 1. The third-order valence-electron chi connectivity index (χ3n) is 5.58. The van der Waals surface area contributed by atoms with Gasteiger partial charge in [-0.2, -0.15) is 0 Å². The van der Waals surface area contributed by atoms with Crippen LogP contribution in [0.3, 0.4) is 0 Å². The van der Waals surface area contributed by atoms with Gasteiger partial charge in [0.05, 0.1) is 18.6 Å². The monoisotopic (exact) mass is 394 g/mol. The Morgan fingerprint density at radius 1 is 1.21 bits per heavy atom. The first-order valence-corrected chi connectivity index (χ1v) is 10.5. The minimum absolute atomic E-state index is 0.105. The van der Waals surface area contributed by atoms with Crippen LogP contribution in [-0.4, -0.2) is 53.1 Å². The van der Waals surface area contributed by atoms with E-state index < -0.39 is 0 Å². The normalized spacial score (nSPS) is 19.0. The maximum absolute atomic E-state index is 12.8. The highest BCUT2D eigenvalue weighted by molar-refractivity contribution is 7.17. The minimum Gasteiger partial charge on any atom is -0.378 e. The van der Waals surface area contributed by atoms with Crippen LogP contribution in [0.4, 0.5) is 5.82 Å². The molecule has 7 heteroatoms. The van der Waals surface area contributed by atoms with Gasteiger partial charge in [-0.15, -0.1) is 11.3 Å². The van der Waals surface area contributed by atoms with Crippen molar-refractivity contribution in [1.29, 1.82) is 0 Å². The summed E-state index contributed by atoms with van der Waals surface area (Å²) in [7, 11) is 0. The summed E-state index contributed by atoms with van der Waals surface area (Å²) >= 11 is 1.65. The molecule has 1 amide bonds. The predicted octanol–water partition coefficient (Wildman–Crippen LogP) is 3.05. The quantitative estimate of drug-likeness (QED) is 0.740. The molecule has 1 atom stereocenters. The molecular formula is C21H22N4O2S. The van der Waals surface area contributed by atoms with E-state index in [1.807, 2.05) is 11.0 Å². The zero-order chi connectivity index (χ0) is 19.1. The zero-order valence-electron chi connectivity index (χ0n) is 15.8. The number of aromatic nitrogens is 2. The minimum atomic E-state index is 0.105. The van der Waals surface area contributed by atoms with Crippen LogP contribution in [-0.2, 0) is 17.6 Å². The molecule has 6 nitrogen and oxygen atoms in total. The van der Waals surface area contributed by atoms with Crippen molar-refractivity contribution in [3.8, 4) is 0 Å². The summed E-state index contributed by atoms with van der Waals surface area (Å²) in [4.78, 5) is 24.5. The standard InChI is InChI=1S/C21H22N4O2S/c1-13-11-28-20-18(13)19(22-12-23-20)24-17-9-14-2-3-15(8-16(14)10-17)21(26)25-4-6-27-7-5-25/h2-3,8,11-12,17H,4-7,9-10H2,1H3,(H,22,23,24). The Labute approximate surface area is 167 Å². The number of nitrogens with one attached hydrogen (secondary N) is 1. The maximum Gasteiger partial charge on any atom is 0.254 e. The number of carbonyl (C=O) groups excluding carboxylic acids is 1. The van der Waals surface area contributed by atoms with Crippen LogP contribution in [0, 0.1) is 6.92 Å². The van der Waals surface area contributed by atoms with Crippen LogP contribution in [0.15, 0.2) is 29.9 Å². The molecule has 5 rings (SSSR count). The van der Waals surface area contributed by atoms with E-state index in [0.717, 1.165) is 34.4 Å². The second kappa shape index (κ2) is 7.14. The lowest BCUT2D eigenvalue weighted by Crippen LogP contribution is -2.40. The van der Waals surface area contributed by atoms with Gasteiger partial charge in [0.2, 0.25) is 0 Å². The first-order valence-electron chi connectivity index (χ1n) is 9.63. The Morgan fingerprint density at radius 2 is 2.04 bits per heavy atom. The maximum atomic E-state index is 12.8. The van der Waals surface area contributed by atoms with Gasteiger partial charge in [-0.3, -0.25) is 4.79 Å². The van der Waals surface area contributed by atoms with E-state index in [1.54, 1.807) is 17.7 Å². The molecule has 1 fully saturated rings. The average Bonchev–Trinajstić information content (AvgIpc) is 3.31. The number of ether oxygens (including phenoxy) is 1. The molecular weight excluding hydrogens is 372 g/mol. The summed E-state index contributed by atoms with van der Waals surface area (Å²) in [5.74, 6) is 1.01. The smallest absolute Gasteiger partial charge is 0.254 e. The summed E-state index contributed by atoms with van der Waals surface area (Å²) in [6, 6.07) is 6.42. The number of fused-ring (bicyclic) bond motifs is 2. The molecule has 2 aromatic heterocycles. The highest BCUT2D eigenvalue weighted by Gasteiger charge is 2.25. The molecule has 3 aromatic rings. The van der Waals surface area contributed by atoms with Gasteiger partial charge in [-0.05, 0) is 54.0 Å². The van der Waals surface area contributed by atoms with Gasteiger partial charge in [0.1, 0.15) is 17.0 Å². The Bertz CT molecular complexity index is 1040. The van der Waals surface area contributed by atoms with Gasteiger partial charge in [0.25, 0.3) is 5.91 Å². The summed E-state index contributed by atoms with van der Waals surface area (Å²) in [5, 5.41) is 6.85. The average molecular weight is 395 g/mol. The number of aryl methyl sites for hydroxylation is 1. The number of hydrogen-bond donors (Lipinski definition) is 1. The van der Waals surface area contributed by atoms with Crippen LogP contribution in [0.25, 0.3) is 10.2 Å². The fraction of sp³-hybridized carbons (Fsp3) is 0.381. The third-order valence-corrected chi connectivity index (χ3v) is 6.58. The molecule has 1 aliphatic carbocycles. The van der Waals surface area contributed by atoms with Gasteiger partial charge in [-0.1, -0.05) is 6.07 Å². The summed E-state index contributed by atoms with van der Waals surface area (Å²) < 4.78 is 5.35. The highest BCUT2D eigenvalue weighted by Crippen LogP contribution is 2.31. The van der Waals surface area contributed by atoms with E-state index in [1.165, 1.54) is 16.7 Å². The molecule has 1 aliphatic heterocycles. The van der Waals surface area contributed by atoms with Crippen molar-refractivity contribution >= 4 is 33.3 Å². The SMILES string of the molecule is Cc1csc2ncnc(NC3Cc4ccc(C(=O)N5CCOCC5)cc4C3)c12. The van der Waals surface area contributed by atoms with Gasteiger partial charge in [0.15, 0.2) is 0 Å². The highest BCUT2D eigenvalue weighted by atomic mass is 32.1. The Hall–Kier alpha value is -2.51. The van der Waals surface area contributed by atoms with Crippen molar-refractivity contribution < 1.29 is 9.53 Å². The van der Waals surface area contributed by atoms with E-state index in [4.69, 9.17) is 4.74 Å². The molecule has 144 valence electrons. The number of benzene rings is 1. The first-order chi connectivity index (χ1) is 13.7. The molecule has 2 aliphatic rings. The molecule has 1 unspecified atom stereocenters. The summed E-state index contributed by atoms with van der Waals surface area (Å²) in [6.07, 6.45) is 3.46. The third kappa shape index (κ3) is 3.14. The lowest BCUT2D eigenvalue weighted by Gasteiger charge is -2.27. The lowest BCUT2D eigenvalue weighted by atomic mass is 10.1. The van der Waals surface area contributed by atoms with Gasteiger partial charge in [0, 0.05) is 24.7 Å². The van der Waals surface area contributed by atoms with Crippen molar-refractivity contribution in [2.75, 3.05) is 31.6 Å². The molecule has 0 bridgehead atoms. The number of morpholine rings is 1. The molecule has 0 radical (unpaired) electrons. The van der Waals surface area contributed by atoms with Gasteiger partial charge < -0.3 is 15.0 Å². The second-order valence-corrected chi connectivity index (χ2v) is 8.32. The molecule has 1 N–H and O–H groups in total. The van der Waals surface area contributed by atoms with Crippen molar-refractivity contribution in [2.45, 2.75) is 25.8 Å². The second-order valence-electron chi connectivity index (χ2n) is 7.46. The number of hydrogen-bond acceptors (Lipinski definition) is 6. The number of rotatable bonds is 3. The lowest BCUT2D eigenvalue weighted by molar-refractivity contribution is 0.0303. The van der Waals surface area contributed by atoms with Crippen molar-refractivity contribution in [3.05, 3.63) is 52.2 Å². The van der Waals surface area contributed by atoms with Crippen molar-refractivity contribution in [3.63, 3.8) is 0 Å². The van der Waals surface area contributed by atoms with Crippen LogP contribution in [0.1, 0.15) is 27.0 Å². The predicted molar refractivity (Wildman–Crippen MR) is 110 cm³/mol. The Kier molecular flexibility index (Phi) is 4.49. The van der Waals surface area contributed by atoms with E-state index in [2.05, 4.69) is 39.7 Å². The van der Waals surface area contributed by atoms with Gasteiger partial charge in [-0.25, -0.2) is 9.97 Å². The van der Waals surface area contributed by atoms with Crippen molar-refractivity contribution in [2.24, 2.45) is 0 Å². The largest absolute Gasteiger partial charge is 0.378 e. The van der Waals surface area contributed by atoms with Crippen LogP contribution < -0.4 is 5.32 Å². The molecule has 3 heterocycles. The van der Waals surface area contributed by atoms with Crippen LogP contribution >= 0.6 is 11.3 Å². The van der Waals surface area contributed by atoms with Crippen LogP contribution in [0.2, 0.25) is 0 Å². The Morgan fingerprint density at radius 3 is 2.89 bits per heavy atom. The number of carbonyl (C=O) groups is 1. The van der Waals surface area contributed by atoms with E-state index in [9.17, 15) is 4.79 Å². The fourth-order valence-corrected chi connectivity index (χ4v) is 5.01. The summed E-state index contributed by atoms with van der Waals surface area (Å²) in [5.41, 5.74) is 4.55. The number of amides is 1. The number of anilines is 1. The molecule has 0 saturated carbocycles. The first kappa shape index (κ1) is 17.6. The molecule has 28 heavy (non-hydrogen) atoms.